The molecule has 0 aromatic rings. The highest BCUT2D eigenvalue weighted by Gasteiger charge is 2.36. The summed E-state index contributed by atoms with van der Waals surface area (Å²) in [7, 11) is 0. The number of nitrogens with one attached hydrogen (secondary N) is 1. The number of carbonyl (C=O) groups excluding carboxylic acids is 1. The zero-order valence-electron chi connectivity index (χ0n) is 11.1. The maximum Gasteiger partial charge on any atom is 0.310 e. The Hall–Kier alpha value is -1.14. The van der Waals surface area contributed by atoms with E-state index < -0.39 is 11.4 Å². The van der Waals surface area contributed by atoms with Crippen molar-refractivity contribution in [3.05, 3.63) is 0 Å². The highest BCUT2D eigenvalue weighted by atomic mass is 16.5. The fourth-order valence-corrected chi connectivity index (χ4v) is 1.68. The Kier molecular flexibility index (Phi) is 8.32. The lowest BCUT2D eigenvalue weighted by molar-refractivity contribution is -0.152. The molecular weight excluding hydrogens is 238 g/mol. The number of carbonyl (C=O) groups is 2. The van der Waals surface area contributed by atoms with Crippen LogP contribution in [0.3, 0.4) is 0 Å². The van der Waals surface area contributed by atoms with Crippen LogP contribution in [0.15, 0.2) is 0 Å². The molecule has 0 aliphatic heterocycles. The van der Waals surface area contributed by atoms with Crippen LogP contribution in [0.1, 0.15) is 33.1 Å². The first kappa shape index (κ1) is 16.9. The van der Waals surface area contributed by atoms with Gasteiger partial charge in [0.05, 0.1) is 25.2 Å². The second-order valence-corrected chi connectivity index (χ2v) is 4.16. The molecule has 1 amide bonds. The molecule has 0 saturated carbocycles. The maximum absolute atomic E-state index is 11.6. The molecule has 0 aromatic heterocycles. The van der Waals surface area contributed by atoms with Gasteiger partial charge in [-0.25, -0.2) is 0 Å². The van der Waals surface area contributed by atoms with Crippen LogP contribution in [-0.4, -0.2) is 48.5 Å². The summed E-state index contributed by atoms with van der Waals surface area (Å²) < 4.78 is 4.98. The van der Waals surface area contributed by atoms with Crippen molar-refractivity contribution >= 4 is 11.9 Å². The number of hydrogen-bond donors (Lipinski definition) is 3. The van der Waals surface area contributed by atoms with E-state index in [1.165, 1.54) is 0 Å². The normalized spacial score (nSPS) is 11.3. The van der Waals surface area contributed by atoms with Crippen molar-refractivity contribution in [2.75, 3.05) is 26.4 Å². The predicted octanol–water partition coefficient (Wildman–Crippen LogP) is 0.393. The number of ether oxygens (including phenoxy) is 1. The molecule has 0 radical (unpaired) electrons. The predicted molar refractivity (Wildman–Crippen MR) is 66.2 cm³/mol. The average Bonchev–Trinajstić information content (AvgIpc) is 2.35. The van der Waals surface area contributed by atoms with E-state index in [0.717, 1.165) is 0 Å². The first-order chi connectivity index (χ1) is 8.52. The van der Waals surface area contributed by atoms with Gasteiger partial charge in [0.2, 0.25) is 5.91 Å². The molecule has 0 aromatic carbocycles. The van der Waals surface area contributed by atoms with Crippen LogP contribution in [-0.2, 0) is 14.3 Å². The highest BCUT2D eigenvalue weighted by molar-refractivity contribution is 5.84. The van der Waals surface area contributed by atoms with Crippen molar-refractivity contribution in [3.8, 4) is 0 Å². The molecule has 6 nitrogen and oxygen atoms in total. The molecule has 18 heavy (non-hydrogen) atoms. The van der Waals surface area contributed by atoms with Crippen LogP contribution < -0.4 is 5.32 Å². The third-order valence-corrected chi connectivity index (χ3v) is 3.11. The van der Waals surface area contributed by atoms with Crippen LogP contribution in [0.4, 0.5) is 0 Å². The van der Waals surface area contributed by atoms with Crippen LogP contribution in [0.25, 0.3) is 0 Å². The van der Waals surface area contributed by atoms with Crippen molar-refractivity contribution in [1.29, 1.82) is 0 Å². The summed E-state index contributed by atoms with van der Waals surface area (Å²) in [6, 6.07) is 0. The standard InChI is InChI=1S/C12H23NO5/c1-3-12(4-2,11(16)17)9-10(15)13-5-7-18-8-6-14/h14H,3-9H2,1-2H3,(H,13,15)(H,16,17). The summed E-state index contributed by atoms with van der Waals surface area (Å²) in [6.45, 7) is 4.36. The van der Waals surface area contributed by atoms with E-state index in [1.807, 2.05) is 0 Å². The number of carboxylic acids is 1. The quantitative estimate of drug-likeness (QED) is 0.494. The van der Waals surface area contributed by atoms with Crippen LogP contribution in [0.5, 0.6) is 0 Å². The van der Waals surface area contributed by atoms with E-state index in [9.17, 15) is 14.7 Å². The Morgan fingerprint density at radius 2 is 1.83 bits per heavy atom. The van der Waals surface area contributed by atoms with Gasteiger partial charge in [-0.1, -0.05) is 13.8 Å². The minimum Gasteiger partial charge on any atom is -0.481 e. The average molecular weight is 261 g/mol. The van der Waals surface area contributed by atoms with E-state index in [1.54, 1.807) is 13.8 Å². The molecule has 6 heteroatoms. The topological polar surface area (TPSA) is 95.9 Å². The van der Waals surface area contributed by atoms with Crippen LogP contribution in [0, 0.1) is 5.41 Å². The van der Waals surface area contributed by atoms with Crippen molar-refractivity contribution < 1.29 is 24.5 Å². The van der Waals surface area contributed by atoms with Crippen LogP contribution >= 0.6 is 0 Å². The first-order valence-corrected chi connectivity index (χ1v) is 6.21. The van der Waals surface area contributed by atoms with Gasteiger partial charge in [-0.15, -0.1) is 0 Å². The highest BCUT2D eigenvalue weighted by Crippen LogP contribution is 2.30. The molecule has 0 aliphatic rings. The number of hydrogen-bond acceptors (Lipinski definition) is 4. The van der Waals surface area contributed by atoms with E-state index >= 15 is 0 Å². The lowest BCUT2D eigenvalue weighted by Gasteiger charge is -2.25. The zero-order chi connectivity index (χ0) is 14.0. The largest absolute Gasteiger partial charge is 0.481 e. The first-order valence-electron chi connectivity index (χ1n) is 6.21. The zero-order valence-corrected chi connectivity index (χ0v) is 11.1. The molecule has 0 spiro atoms. The van der Waals surface area contributed by atoms with Gasteiger partial charge in [0.25, 0.3) is 0 Å². The van der Waals surface area contributed by atoms with Crippen molar-refractivity contribution in [2.45, 2.75) is 33.1 Å². The summed E-state index contributed by atoms with van der Waals surface area (Å²) in [5.74, 6) is -1.21. The minimum absolute atomic E-state index is 0.0185. The van der Waals surface area contributed by atoms with Gasteiger partial charge in [-0.3, -0.25) is 9.59 Å². The molecule has 0 rings (SSSR count). The van der Waals surface area contributed by atoms with E-state index in [0.29, 0.717) is 26.0 Å². The number of aliphatic hydroxyl groups is 1. The molecule has 0 aliphatic carbocycles. The van der Waals surface area contributed by atoms with Crippen molar-refractivity contribution in [2.24, 2.45) is 5.41 Å². The summed E-state index contributed by atoms with van der Waals surface area (Å²) in [5.41, 5.74) is -0.976. The lowest BCUT2D eigenvalue weighted by atomic mass is 9.79. The Morgan fingerprint density at radius 3 is 2.28 bits per heavy atom. The molecule has 0 unspecified atom stereocenters. The van der Waals surface area contributed by atoms with Crippen LogP contribution in [0.2, 0.25) is 0 Å². The Labute approximate surface area is 107 Å². The Balaban J connectivity index is 4.08. The van der Waals surface area contributed by atoms with Gasteiger partial charge in [0.1, 0.15) is 0 Å². The number of rotatable bonds is 10. The minimum atomic E-state index is -0.976. The van der Waals surface area contributed by atoms with Gasteiger partial charge in [0.15, 0.2) is 0 Å². The summed E-state index contributed by atoms with van der Waals surface area (Å²) in [6.07, 6.45) is 0.829. The second-order valence-electron chi connectivity index (χ2n) is 4.16. The van der Waals surface area contributed by atoms with Gasteiger partial charge < -0.3 is 20.3 Å². The molecule has 0 fully saturated rings. The van der Waals surface area contributed by atoms with Gasteiger partial charge in [-0.2, -0.15) is 0 Å². The fraction of sp³-hybridized carbons (Fsp3) is 0.833. The molecular formula is C12H23NO5. The van der Waals surface area contributed by atoms with E-state index in [4.69, 9.17) is 9.84 Å². The molecule has 0 bridgehead atoms. The monoisotopic (exact) mass is 261 g/mol. The third kappa shape index (κ3) is 5.46. The number of aliphatic carboxylic acids is 1. The van der Waals surface area contributed by atoms with Gasteiger partial charge in [-0.05, 0) is 12.8 Å². The number of aliphatic hydroxyl groups excluding tert-OH is 1. The molecule has 3 N–H and O–H groups in total. The van der Waals surface area contributed by atoms with Gasteiger partial charge >= 0.3 is 5.97 Å². The summed E-state index contributed by atoms with van der Waals surface area (Å²) in [4.78, 5) is 22.8. The van der Waals surface area contributed by atoms with Crippen molar-refractivity contribution in [1.82, 2.24) is 5.32 Å². The number of amides is 1. The third-order valence-electron chi connectivity index (χ3n) is 3.11. The van der Waals surface area contributed by atoms with E-state index in [-0.39, 0.29) is 25.5 Å². The molecule has 106 valence electrons. The molecule has 0 saturated heterocycles. The lowest BCUT2D eigenvalue weighted by Crippen LogP contribution is -2.37. The molecule has 0 atom stereocenters. The fourth-order valence-electron chi connectivity index (χ4n) is 1.68. The second kappa shape index (κ2) is 8.88. The van der Waals surface area contributed by atoms with E-state index in [2.05, 4.69) is 5.32 Å². The smallest absolute Gasteiger partial charge is 0.310 e. The Morgan fingerprint density at radius 1 is 1.22 bits per heavy atom. The summed E-state index contributed by atoms with van der Waals surface area (Å²) in [5, 5.41) is 20.3. The number of carboxylic acid groups (broad SMARTS) is 1. The Bertz CT molecular complexity index is 263. The van der Waals surface area contributed by atoms with Gasteiger partial charge in [0, 0.05) is 13.0 Å². The molecule has 0 heterocycles. The summed E-state index contributed by atoms with van der Waals surface area (Å²) >= 11 is 0. The SMILES string of the molecule is CCC(CC)(CC(=O)NCCOCCO)C(=O)O. The maximum atomic E-state index is 11.6. The van der Waals surface area contributed by atoms with Crippen molar-refractivity contribution in [3.63, 3.8) is 0 Å².